The van der Waals surface area contributed by atoms with Crippen LogP contribution in [-0.2, 0) is 9.53 Å². The van der Waals surface area contributed by atoms with Crippen LogP contribution in [0.5, 0.6) is 5.75 Å². The predicted octanol–water partition coefficient (Wildman–Crippen LogP) is 0.957. The fraction of sp³-hybridized carbons (Fsp3) is 0.364. The van der Waals surface area contributed by atoms with E-state index in [9.17, 15) is 4.79 Å². The SMILES string of the molecule is NC(=O)COCCCOc1ccccc1. The summed E-state index contributed by atoms with van der Waals surface area (Å²) in [5.74, 6) is 0.395. The largest absolute Gasteiger partial charge is 0.494 e. The van der Waals surface area contributed by atoms with Gasteiger partial charge in [-0.05, 0) is 12.1 Å². The molecule has 82 valence electrons. The number of rotatable bonds is 7. The van der Waals surface area contributed by atoms with Crippen molar-refractivity contribution in [3.05, 3.63) is 30.3 Å². The molecular weight excluding hydrogens is 194 g/mol. The van der Waals surface area contributed by atoms with Crippen molar-refractivity contribution in [3.8, 4) is 5.75 Å². The fourth-order valence-corrected chi connectivity index (χ4v) is 1.04. The third kappa shape index (κ3) is 5.70. The summed E-state index contributed by atoms with van der Waals surface area (Å²) >= 11 is 0. The Morgan fingerprint density at radius 2 is 1.93 bits per heavy atom. The van der Waals surface area contributed by atoms with Crippen molar-refractivity contribution in [2.24, 2.45) is 5.73 Å². The topological polar surface area (TPSA) is 61.6 Å². The normalized spacial score (nSPS) is 9.87. The molecule has 0 aliphatic heterocycles. The Hall–Kier alpha value is -1.55. The van der Waals surface area contributed by atoms with Gasteiger partial charge in [0.2, 0.25) is 5.91 Å². The summed E-state index contributed by atoms with van der Waals surface area (Å²) in [5.41, 5.74) is 4.90. The van der Waals surface area contributed by atoms with Crippen molar-refractivity contribution in [1.82, 2.24) is 0 Å². The lowest BCUT2D eigenvalue weighted by Crippen LogP contribution is -2.18. The van der Waals surface area contributed by atoms with Crippen LogP contribution in [0.4, 0.5) is 0 Å². The Balaban J connectivity index is 2.00. The third-order valence-corrected chi connectivity index (χ3v) is 1.69. The summed E-state index contributed by atoms with van der Waals surface area (Å²) in [6.07, 6.45) is 0.738. The number of para-hydroxylation sites is 1. The molecule has 0 heterocycles. The number of nitrogens with two attached hydrogens (primary N) is 1. The molecule has 0 saturated heterocycles. The lowest BCUT2D eigenvalue weighted by atomic mass is 10.3. The van der Waals surface area contributed by atoms with E-state index in [1.54, 1.807) is 0 Å². The zero-order valence-corrected chi connectivity index (χ0v) is 8.52. The summed E-state index contributed by atoms with van der Waals surface area (Å²) in [6.45, 7) is 1.03. The Labute approximate surface area is 89.0 Å². The van der Waals surface area contributed by atoms with Crippen LogP contribution in [0.3, 0.4) is 0 Å². The number of benzene rings is 1. The van der Waals surface area contributed by atoms with Crippen LogP contribution in [0.25, 0.3) is 0 Å². The number of hydrogen-bond acceptors (Lipinski definition) is 3. The van der Waals surface area contributed by atoms with Gasteiger partial charge in [0, 0.05) is 6.42 Å². The van der Waals surface area contributed by atoms with Gasteiger partial charge in [-0.1, -0.05) is 18.2 Å². The second-order valence-electron chi connectivity index (χ2n) is 3.03. The number of carbonyl (C=O) groups excluding carboxylic acids is 1. The molecular formula is C11H15NO3. The molecule has 0 spiro atoms. The maximum Gasteiger partial charge on any atom is 0.243 e. The van der Waals surface area contributed by atoms with Crippen LogP contribution in [0, 0.1) is 0 Å². The summed E-state index contributed by atoms with van der Waals surface area (Å²) in [6, 6.07) is 9.55. The molecule has 1 amide bonds. The second kappa shape index (κ2) is 6.84. The van der Waals surface area contributed by atoms with Gasteiger partial charge < -0.3 is 15.2 Å². The maximum absolute atomic E-state index is 10.3. The van der Waals surface area contributed by atoms with E-state index in [0.717, 1.165) is 12.2 Å². The van der Waals surface area contributed by atoms with E-state index in [1.165, 1.54) is 0 Å². The molecule has 0 unspecified atom stereocenters. The summed E-state index contributed by atoms with van der Waals surface area (Å²) in [4.78, 5) is 10.3. The van der Waals surface area contributed by atoms with E-state index < -0.39 is 5.91 Å². The summed E-state index contributed by atoms with van der Waals surface area (Å²) in [7, 11) is 0. The standard InChI is InChI=1S/C11H15NO3/c12-11(13)9-14-7-4-8-15-10-5-2-1-3-6-10/h1-3,5-6H,4,7-9H2,(H2,12,13). The monoisotopic (exact) mass is 209 g/mol. The van der Waals surface area contributed by atoms with Gasteiger partial charge in [-0.15, -0.1) is 0 Å². The zero-order chi connectivity index (χ0) is 10.9. The highest BCUT2D eigenvalue weighted by atomic mass is 16.5. The number of hydrogen-bond donors (Lipinski definition) is 1. The van der Waals surface area contributed by atoms with Crippen molar-refractivity contribution in [2.45, 2.75) is 6.42 Å². The van der Waals surface area contributed by atoms with E-state index in [2.05, 4.69) is 0 Å². The van der Waals surface area contributed by atoms with Crippen molar-refractivity contribution < 1.29 is 14.3 Å². The van der Waals surface area contributed by atoms with Gasteiger partial charge in [-0.25, -0.2) is 0 Å². The quantitative estimate of drug-likeness (QED) is 0.680. The van der Waals surface area contributed by atoms with E-state index in [-0.39, 0.29) is 6.61 Å². The smallest absolute Gasteiger partial charge is 0.243 e. The lowest BCUT2D eigenvalue weighted by molar-refractivity contribution is -0.122. The van der Waals surface area contributed by atoms with Crippen molar-refractivity contribution >= 4 is 5.91 Å². The highest BCUT2D eigenvalue weighted by molar-refractivity contribution is 5.74. The zero-order valence-electron chi connectivity index (χ0n) is 8.52. The highest BCUT2D eigenvalue weighted by Gasteiger charge is 1.94. The molecule has 1 aromatic carbocycles. The van der Waals surface area contributed by atoms with E-state index >= 15 is 0 Å². The molecule has 4 heteroatoms. The number of carbonyl (C=O) groups is 1. The molecule has 0 radical (unpaired) electrons. The fourth-order valence-electron chi connectivity index (χ4n) is 1.04. The first-order chi connectivity index (χ1) is 7.29. The molecule has 1 rings (SSSR count). The van der Waals surface area contributed by atoms with Gasteiger partial charge >= 0.3 is 0 Å². The van der Waals surface area contributed by atoms with Crippen LogP contribution >= 0.6 is 0 Å². The molecule has 0 saturated carbocycles. The van der Waals surface area contributed by atoms with E-state index in [1.807, 2.05) is 30.3 Å². The van der Waals surface area contributed by atoms with Gasteiger partial charge in [0.15, 0.2) is 0 Å². The van der Waals surface area contributed by atoms with Crippen molar-refractivity contribution in [3.63, 3.8) is 0 Å². The van der Waals surface area contributed by atoms with E-state index in [0.29, 0.717) is 13.2 Å². The predicted molar refractivity (Wildman–Crippen MR) is 56.6 cm³/mol. The summed E-state index contributed by atoms with van der Waals surface area (Å²) in [5, 5.41) is 0. The van der Waals surface area contributed by atoms with Crippen LogP contribution in [0.15, 0.2) is 30.3 Å². The molecule has 0 bridgehead atoms. The lowest BCUT2D eigenvalue weighted by Gasteiger charge is -2.05. The van der Waals surface area contributed by atoms with Crippen LogP contribution in [0.1, 0.15) is 6.42 Å². The average molecular weight is 209 g/mol. The molecule has 2 N–H and O–H groups in total. The molecule has 1 aromatic rings. The molecule has 0 aliphatic rings. The Kier molecular flexibility index (Phi) is 5.25. The van der Waals surface area contributed by atoms with Crippen LogP contribution in [0.2, 0.25) is 0 Å². The van der Waals surface area contributed by atoms with Gasteiger partial charge in [0.1, 0.15) is 12.4 Å². The summed E-state index contributed by atoms with van der Waals surface area (Å²) < 4.78 is 10.4. The first kappa shape index (κ1) is 11.5. The minimum atomic E-state index is -0.445. The molecule has 0 aliphatic carbocycles. The van der Waals surface area contributed by atoms with Crippen LogP contribution < -0.4 is 10.5 Å². The number of ether oxygens (including phenoxy) is 2. The Morgan fingerprint density at radius 1 is 1.20 bits per heavy atom. The molecule has 0 fully saturated rings. The molecule has 0 aromatic heterocycles. The highest BCUT2D eigenvalue weighted by Crippen LogP contribution is 2.08. The first-order valence-corrected chi connectivity index (χ1v) is 4.83. The second-order valence-corrected chi connectivity index (χ2v) is 3.03. The number of amides is 1. The van der Waals surface area contributed by atoms with Gasteiger partial charge in [-0.2, -0.15) is 0 Å². The van der Waals surface area contributed by atoms with Crippen LogP contribution in [-0.4, -0.2) is 25.7 Å². The molecule has 0 atom stereocenters. The maximum atomic E-state index is 10.3. The third-order valence-electron chi connectivity index (χ3n) is 1.69. The molecule has 15 heavy (non-hydrogen) atoms. The van der Waals surface area contributed by atoms with Crippen molar-refractivity contribution in [1.29, 1.82) is 0 Å². The number of primary amides is 1. The molecule has 4 nitrogen and oxygen atoms in total. The minimum absolute atomic E-state index is 0.0225. The Morgan fingerprint density at radius 3 is 2.60 bits per heavy atom. The first-order valence-electron chi connectivity index (χ1n) is 4.83. The van der Waals surface area contributed by atoms with Crippen molar-refractivity contribution in [2.75, 3.05) is 19.8 Å². The van der Waals surface area contributed by atoms with E-state index in [4.69, 9.17) is 15.2 Å². The van der Waals surface area contributed by atoms with Gasteiger partial charge in [0.05, 0.1) is 13.2 Å². The van der Waals surface area contributed by atoms with Gasteiger partial charge in [-0.3, -0.25) is 4.79 Å². The minimum Gasteiger partial charge on any atom is -0.494 e. The van der Waals surface area contributed by atoms with Gasteiger partial charge in [0.25, 0.3) is 0 Å². The average Bonchev–Trinajstić information content (AvgIpc) is 2.24. The Bertz CT molecular complexity index is 287.